The van der Waals surface area contributed by atoms with E-state index in [1.165, 1.54) is 12.8 Å². The fraction of sp³-hybridized carbons (Fsp3) is 0.875. The molecule has 2 atom stereocenters. The van der Waals surface area contributed by atoms with E-state index in [-0.39, 0.29) is 0 Å². The minimum absolute atomic E-state index is 0.407. The van der Waals surface area contributed by atoms with Gasteiger partial charge in [-0.2, -0.15) is 0 Å². The van der Waals surface area contributed by atoms with Crippen LogP contribution in [0.15, 0.2) is 0 Å². The molecule has 1 aliphatic heterocycles. The van der Waals surface area contributed by atoms with Gasteiger partial charge in [-0.3, -0.25) is 9.69 Å². The number of carbonyl (C=O) groups excluding carboxylic acids is 1. The van der Waals surface area contributed by atoms with Crippen molar-refractivity contribution in [1.29, 1.82) is 0 Å². The van der Waals surface area contributed by atoms with Crippen LogP contribution in [0.2, 0.25) is 0 Å². The highest BCUT2D eigenvalue weighted by atomic mass is 16.1. The fourth-order valence-corrected chi connectivity index (χ4v) is 2.32. The molecule has 0 amide bonds. The number of likely N-dealkylation sites (tertiary alicyclic amines) is 1. The number of nitrogens with zero attached hydrogens (tertiary/aromatic N) is 1. The van der Waals surface area contributed by atoms with Crippen LogP contribution in [-0.4, -0.2) is 30.3 Å². The highest BCUT2D eigenvalue weighted by Crippen LogP contribution is 2.34. The van der Waals surface area contributed by atoms with Gasteiger partial charge in [0.15, 0.2) is 5.78 Å². The molecule has 2 nitrogen and oxygen atoms in total. The third-order valence-corrected chi connectivity index (χ3v) is 2.86. The number of Topliss-reactive ketones (excluding diaryl/α,β-unsaturated/α-hetero) is 1. The number of fused-ring (bicyclic) bond motifs is 1. The molecule has 56 valence electrons. The molecule has 2 rings (SSSR count). The standard InChI is InChI=1S/C8H13NO/c1-9-5-8(10)6-3-2-4-7(6)9/h6-7H,2-5H2,1H3. The number of hydrogen-bond donors (Lipinski definition) is 0. The maximum Gasteiger partial charge on any atom is 0.151 e. The first-order valence-corrected chi connectivity index (χ1v) is 4.02. The van der Waals surface area contributed by atoms with Crippen molar-refractivity contribution in [2.24, 2.45) is 5.92 Å². The lowest BCUT2D eigenvalue weighted by molar-refractivity contribution is -0.119. The molecule has 2 fully saturated rings. The maximum atomic E-state index is 11.2. The lowest BCUT2D eigenvalue weighted by Gasteiger charge is -2.15. The SMILES string of the molecule is CN1CC(=O)C2CCCC21. The Bertz CT molecular complexity index is 167. The van der Waals surface area contributed by atoms with Crippen LogP contribution in [0.4, 0.5) is 0 Å². The molecular formula is C8H13NO. The Balaban J connectivity index is 2.19. The zero-order valence-corrected chi connectivity index (χ0v) is 6.34. The second kappa shape index (κ2) is 2.06. The van der Waals surface area contributed by atoms with Crippen molar-refractivity contribution >= 4 is 5.78 Å². The summed E-state index contributed by atoms with van der Waals surface area (Å²) in [6, 6.07) is 0.604. The largest absolute Gasteiger partial charge is 0.298 e. The summed E-state index contributed by atoms with van der Waals surface area (Å²) in [5, 5.41) is 0. The van der Waals surface area contributed by atoms with Crippen LogP contribution >= 0.6 is 0 Å². The van der Waals surface area contributed by atoms with Gasteiger partial charge < -0.3 is 0 Å². The second-order valence-corrected chi connectivity index (χ2v) is 3.49. The summed E-state index contributed by atoms with van der Waals surface area (Å²) in [7, 11) is 2.06. The van der Waals surface area contributed by atoms with E-state index < -0.39 is 0 Å². The number of likely N-dealkylation sites (N-methyl/N-ethyl adjacent to an activating group) is 1. The van der Waals surface area contributed by atoms with Crippen LogP contribution in [0, 0.1) is 5.92 Å². The molecule has 0 aromatic rings. The summed E-state index contributed by atoms with van der Waals surface area (Å²) in [5.74, 6) is 0.884. The number of carbonyl (C=O) groups is 1. The average Bonchev–Trinajstić information content (AvgIpc) is 2.39. The van der Waals surface area contributed by atoms with Gasteiger partial charge in [0.2, 0.25) is 0 Å². The fourth-order valence-electron chi connectivity index (χ4n) is 2.32. The molecule has 1 saturated heterocycles. The van der Waals surface area contributed by atoms with Crippen molar-refractivity contribution in [3.05, 3.63) is 0 Å². The second-order valence-electron chi connectivity index (χ2n) is 3.49. The molecular weight excluding hydrogens is 126 g/mol. The topological polar surface area (TPSA) is 20.3 Å². The first-order chi connectivity index (χ1) is 4.79. The average molecular weight is 139 g/mol. The summed E-state index contributed by atoms with van der Waals surface area (Å²) in [4.78, 5) is 13.4. The lowest BCUT2D eigenvalue weighted by Crippen LogP contribution is -2.25. The number of ketones is 1. The van der Waals surface area contributed by atoms with Crippen molar-refractivity contribution in [3.63, 3.8) is 0 Å². The van der Waals surface area contributed by atoms with E-state index in [0.717, 1.165) is 6.42 Å². The Morgan fingerprint density at radius 1 is 1.50 bits per heavy atom. The van der Waals surface area contributed by atoms with E-state index in [1.54, 1.807) is 0 Å². The molecule has 1 aliphatic carbocycles. The normalized spacial score (nSPS) is 40.7. The maximum absolute atomic E-state index is 11.2. The molecule has 2 heteroatoms. The first-order valence-electron chi connectivity index (χ1n) is 4.02. The molecule has 10 heavy (non-hydrogen) atoms. The zero-order chi connectivity index (χ0) is 7.14. The van der Waals surface area contributed by atoms with E-state index in [1.807, 2.05) is 0 Å². The lowest BCUT2D eigenvalue weighted by atomic mass is 10.0. The van der Waals surface area contributed by atoms with Gasteiger partial charge in [-0.1, -0.05) is 6.42 Å². The van der Waals surface area contributed by atoms with Crippen LogP contribution in [0.3, 0.4) is 0 Å². The molecule has 2 aliphatic rings. The molecule has 1 heterocycles. The molecule has 0 radical (unpaired) electrons. The van der Waals surface area contributed by atoms with Gasteiger partial charge in [0.05, 0.1) is 6.54 Å². The van der Waals surface area contributed by atoms with E-state index >= 15 is 0 Å². The summed E-state index contributed by atoms with van der Waals surface area (Å²) in [6.07, 6.45) is 3.65. The van der Waals surface area contributed by atoms with Gasteiger partial charge >= 0.3 is 0 Å². The van der Waals surface area contributed by atoms with Crippen LogP contribution in [0.1, 0.15) is 19.3 Å². The van der Waals surface area contributed by atoms with E-state index in [0.29, 0.717) is 24.3 Å². The summed E-state index contributed by atoms with van der Waals surface area (Å²) < 4.78 is 0. The third-order valence-electron chi connectivity index (χ3n) is 2.86. The molecule has 0 aromatic heterocycles. The molecule has 0 N–H and O–H groups in total. The Morgan fingerprint density at radius 2 is 2.30 bits per heavy atom. The van der Waals surface area contributed by atoms with Gasteiger partial charge in [-0.15, -0.1) is 0 Å². The Morgan fingerprint density at radius 3 is 3.00 bits per heavy atom. The predicted molar refractivity (Wildman–Crippen MR) is 38.8 cm³/mol. The minimum Gasteiger partial charge on any atom is -0.298 e. The molecule has 1 saturated carbocycles. The van der Waals surface area contributed by atoms with Gasteiger partial charge in [0.1, 0.15) is 0 Å². The van der Waals surface area contributed by atoms with Crippen molar-refractivity contribution in [1.82, 2.24) is 4.90 Å². The summed E-state index contributed by atoms with van der Waals surface area (Å²) in [5.41, 5.74) is 0. The van der Waals surface area contributed by atoms with Crippen LogP contribution in [0.25, 0.3) is 0 Å². The highest BCUT2D eigenvalue weighted by molar-refractivity contribution is 5.86. The molecule has 0 bridgehead atoms. The van der Waals surface area contributed by atoms with Crippen LogP contribution in [0.5, 0.6) is 0 Å². The summed E-state index contributed by atoms with van der Waals surface area (Å²) >= 11 is 0. The molecule has 0 aromatic carbocycles. The Kier molecular flexibility index (Phi) is 1.31. The Hall–Kier alpha value is -0.370. The van der Waals surface area contributed by atoms with Gasteiger partial charge in [-0.25, -0.2) is 0 Å². The van der Waals surface area contributed by atoms with E-state index in [2.05, 4.69) is 11.9 Å². The monoisotopic (exact) mass is 139 g/mol. The zero-order valence-electron chi connectivity index (χ0n) is 6.34. The molecule has 0 spiro atoms. The van der Waals surface area contributed by atoms with Gasteiger partial charge in [-0.05, 0) is 19.9 Å². The minimum atomic E-state index is 0.407. The third kappa shape index (κ3) is 0.717. The quantitative estimate of drug-likeness (QED) is 0.491. The van der Waals surface area contributed by atoms with Crippen molar-refractivity contribution in [3.8, 4) is 0 Å². The first kappa shape index (κ1) is 6.35. The Labute approximate surface area is 61.2 Å². The van der Waals surface area contributed by atoms with E-state index in [9.17, 15) is 4.79 Å². The van der Waals surface area contributed by atoms with Crippen LogP contribution in [-0.2, 0) is 4.79 Å². The van der Waals surface area contributed by atoms with Crippen LogP contribution < -0.4 is 0 Å². The van der Waals surface area contributed by atoms with Crippen molar-refractivity contribution in [2.45, 2.75) is 25.3 Å². The predicted octanol–water partition coefficient (Wildman–Crippen LogP) is 0.670. The van der Waals surface area contributed by atoms with Crippen molar-refractivity contribution in [2.75, 3.05) is 13.6 Å². The molecule has 2 unspecified atom stereocenters. The van der Waals surface area contributed by atoms with Gasteiger partial charge in [0, 0.05) is 12.0 Å². The number of rotatable bonds is 0. The highest BCUT2D eigenvalue weighted by Gasteiger charge is 2.41. The summed E-state index contributed by atoms with van der Waals surface area (Å²) in [6.45, 7) is 0.704. The van der Waals surface area contributed by atoms with Crippen molar-refractivity contribution < 1.29 is 4.79 Å². The van der Waals surface area contributed by atoms with Gasteiger partial charge in [0.25, 0.3) is 0 Å². The smallest absolute Gasteiger partial charge is 0.151 e. The van der Waals surface area contributed by atoms with E-state index in [4.69, 9.17) is 0 Å². The number of hydrogen-bond acceptors (Lipinski definition) is 2.